The first kappa shape index (κ1) is 14.3. The Morgan fingerprint density at radius 3 is 2.63 bits per heavy atom. The number of nitrogens with zero attached hydrogens (tertiary/aromatic N) is 1. The van der Waals surface area contributed by atoms with Crippen LogP contribution in [0.15, 0.2) is 12.1 Å². The highest BCUT2D eigenvalue weighted by Crippen LogP contribution is 2.32. The second-order valence-corrected chi connectivity index (χ2v) is 5.87. The van der Waals surface area contributed by atoms with Gasteiger partial charge in [0.25, 0.3) is 0 Å². The number of fused-ring (bicyclic) bond motifs is 1. The summed E-state index contributed by atoms with van der Waals surface area (Å²) in [6.07, 6.45) is 0.877. The van der Waals surface area contributed by atoms with Crippen LogP contribution in [-0.4, -0.2) is 29.4 Å². The van der Waals surface area contributed by atoms with E-state index in [-0.39, 0.29) is 12.2 Å². The van der Waals surface area contributed by atoms with Gasteiger partial charge in [0.05, 0.1) is 19.3 Å². The van der Waals surface area contributed by atoms with E-state index in [1.807, 2.05) is 11.1 Å². The van der Waals surface area contributed by atoms with Gasteiger partial charge in [-0.15, -0.1) is 0 Å². The van der Waals surface area contributed by atoms with E-state index in [0.29, 0.717) is 0 Å². The number of ether oxygens (including phenoxy) is 1. The van der Waals surface area contributed by atoms with Crippen LogP contribution in [0.4, 0.5) is 0 Å². The van der Waals surface area contributed by atoms with Crippen molar-refractivity contribution in [1.82, 2.24) is 5.06 Å². The van der Waals surface area contributed by atoms with Gasteiger partial charge in [-0.05, 0) is 32.8 Å². The maximum absolute atomic E-state index is 9.34. The summed E-state index contributed by atoms with van der Waals surface area (Å²) in [4.78, 5) is 5.91. The van der Waals surface area contributed by atoms with Crippen molar-refractivity contribution in [2.45, 2.75) is 45.9 Å². The fourth-order valence-electron chi connectivity index (χ4n) is 2.49. The zero-order chi connectivity index (χ0) is 14.0. The molecule has 0 amide bonds. The zero-order valence-corrected chi connectivity index (χ0v) is 12.2. The third-order valence-electron chi connectivity index (χ3n) is 3.17. The predicted octanol–water partition coefficient (Wildman–Crippen LogP) is 2.28. The molecule has 2 rings (SSSR count). The van der Waals surface area contributed by atoms with Crippen LogP contribution in [0.1, 0.15) is 37.5 Å². The second-order valence-electron chi connectivity index (χ2n) is 5.87. The molecule has 0 radical (unpaired) electrons. The van der Waals surface area contributed by atoms with Gasteiger partial charge in [-0.1, -0.05) is 12.1 Å². The normalized spacial score (nSPS) is 16.3. The molecule has 0 atom stereocenters. The summed E-state index contributed by atoms with van der Waals surface area (Å²) in [6, 6.07) is 3.99. The van der Waals surface area contributed by atoms with Crippen molar-refractivity contribution in [2.24, 2.45) is 0 Å². The second kappa shape index (κ2) is 5.49. The molecular weight excluding hydrogens is 242 g/mol. The summed E-state index contributed by atoms with van der Waals surface area (Å²) in [6.45, 7) is 7.77. The fourth-order valence-corrected chi connectivity index (χ4v) is 2.49. The summed E-state index contributed by atoms with van der Waals surface area (Å²) in [5, 5.41) is 11.3. The molecule has 0 aliphatic carbocycles. The number of aliphatic hydroxyl groups excluding tert-OH is 1. The average Bonchev–Trinajstić information content (AvgIpc) is 2.35. The molecule has 0 saturated carbocycles. The smallest absolute Gasteiger partial charge is 0.127 e. The Morgan fingerprint density at radius 1 is 1.32 bits per heavy atom. The van der Waals surface area contributed by atoms with Gasteiger partial charge < -0.3 is 9.84 Å². The molecule has 1 aromatic carbocycles. The highest BCUT2D eigenvalue weighted by molar-refractivity contribution is 5.47. The zero-order valence-electron chi connectivity index (χ0n) is 12.2. The molecule has 4 heteroatoms. The minimum Gasteiger partial charge on any atom is -0.496 e. The van der Waals surface area contributed by atoms with Crippen molar-refractivity contribution < 1.29 is 14.7 Å². The van der Waals surface area contributed by atoms with Crippen LogP contribution in [0.3, 0.4) is 0 Å². The van der Waals surface area contributed by atoms with Gasteiger partial charge in [0.15, 0.2) is 0 Å². The van der Waals surface area contributed by atoms with E-state index < -0.39 is 0 Å². The van der Waals surface area contributed by atoms with E-state index in [0.717, 1.165) is 30.8 Å². The highest BCUT2D eigenvalue weighted by atomic mass is 16.7. The third kappa shape index (κ3) is 3.26. The van der Waals surface area contributed by atoms with Gasteiger partial charge in [-0.3, -0.25) is 4.84 Å². The minimum absolute atomic E-state index is 0.0126. The van der Waals surface area contributed by atoms with Crippen molar-refractivity contribution >= 4 is 0 Å². The van der Waals surface area contributed by atoms with Crippen LogP contribution < -0.4 is 4.74 Å². The number of methoxy groups -OCH3 is 1. The lowest BCUT2D eigenvalue weighted by molar-refractivity contribution is -0.236. The molecule has 0 bridgehead atoms. The Balaban J connectivity index is 2.23. The van der Waals surface area contributed by atoms with Gasteiger partial charge >= 0.3 is 0 Å². The Labute approximate surface area is 114 Å². The van der Waals surface area contributed by atoms with Gasteiger partial charge in [0.1, 0.15) is 5.75 Å². The first-order valence-corrected chi connectivity index (χ1v) is 6.67. The Hall–Kier alpha value is -1.10. The molecule has 1 aliphatic rings. The number of rotatable bonds is 3. The van der Waals surface area contributed by atoms with E-state index in [9.17, 15) is 5.11 Å². The summed E-state index contributed by atoms with van der Waals surface area (Å²) in [5.41, 5.74) is 3.09. The Morgan fingerprint density at radius 2 is 2.05 bits per heavy atom. The van der Waals surface area contributed by atoms with E-state index in [4.69, 9.17) is 9.57 Å². The fraction of sp³-hybridized carbons (Fsp3) is 0.600. The van der Waals surface area contributed by atoms with Crippen molar-refractivity contribution in [2.75, 3.05) is 13.7 Å². The number of benzene rings is 1. The Bertz CT molecular complexity index is 451. The lowest BCUT2D eigenvalue weighted by Crippen LogP contribution is -2.37. The lowest BCUT2D eigenvalue weighted by Gasteiger charge is -2.34. The van der Waals surface area contributed by atoms with E-state index in [2.05, 4.69) is 26.8 Å². The number of aliphatic hydroxyl groups is 1. The molecule has 1 N–H and O–H groups in total. The summed E-state index contributed by atoms with van der Waals surface area (Å²) in [5.74, 6) is 0.829. The van der Waals surface area contributed by atoms with Crippen molar-refractivity contribution in [3.63, 3.8) is 0 Å². The molecule has 1 aliphatic heterocycles. The maximum Gasteiger partial charge on any atom is 0.127 e. The molecular formula is C15H23NO3. The summed E-state index contributed by atoms with van der Waals surface area (Å²) in [7, 11) is 1.66. The average molecular weight is 265 g/mol. The molecule has 0 spiro atoms. The van der Waals surface area contributed by atoms with Gasteiger partial charge in [-0.25, -0.2) is 0 Å². The van der Waals surface area contributed by atoms with Crippen LogP contribution in [0, 0.1) is 0 Å². The van der Waals surface area contributed by atoms with Gasteiger partial charge in [0.2, 0.25) is 0 Å². The van der Waals surface area contributed by atoms with Crippen molar-refractivity contribution in [3.8, 4) is 5.75 Å². The highest BCUT2D eigenvalue weighted by Gasteiger charge is 2.24. The van der Waals surface area contributed by atoms with E-state index in [1.54, 1.807) is 7.11 Å². The van der Waals surface area contributed by atoms with Gasteiger partial charge in [0, 0.05) is 24.2 Å². The third-order valence-corrected chi connectivity index (χ3v) is 3.17. The predicted molar refractivity (Wildman–Crippen MR) is 73.9 cm³/mol. The van der Waals surface area contributed by atoms with Crippen LogP contribution in [0.2, 0.25) is 0 Å². The number of hydroxylamine groups is 2. The summed E-state index contributed by atoms with van der Waals surface area (Å²) < 4.78 is 5.45. The van der Waals surface area contributed by atoms with Crippen LogP contribution in [0.25, 0.3) is 0 Å². The van der Waals surface area contributed by atoms with E-state index >= 15 is 0 Å². The van der Waals surface area contributed by atoms with Crippen molar-refractivity contribution in [3.05, 3.63) is 28.8 Å². The van der Waals surface area contributed by atoms with Crippen LogP contribution >= 0.6 is 0 Å². The molecule has 1 aromatic rings. The molecule has 4 nitrogen and oxygen atoms in total. The number of hydrogen-bond donors (Lipinski definition) is 1. The Kier molecular flexibility index (Phi) is 4.13. The molecule has 106 valence electrons. The van der Waals surface area contributed by atoms with Crippen molar-refractivity contribution in [1.29, 1.82) is 0 Å². The first-order valence-electron chi connectivity index (χ1n) is 6.67. The molecule has 0 unspecified atom stereocenters. The van der Waals surface area contributed by atoms with E-state index in [1.165, 1.54) is 11.1 Å². The monoisotopic (exact) mass is 265 g/mol. The first-order chi connectivity index (χ1) is 8.94. The van der Waals surface area contributed by atoms with Crippen LogP contribution in [-0.2, 0) is 24.4 Å². The quantitative estimate of drug-likeness (QED) is 0.910. The topological polar surface area (TPSA) is 41.9 Å². The maximum atomic E-state index is 9.34. The SMILES string of the molecule is COc1c(CO)ccc2c1CCN(OC(C)(C)C)C2. The molecule has 1 heterocycles. The molecule has 0 aromatic heterocycles. The molecule has 0 fully saturated rings. The summed E-state index contributed by atoms with van der Waals surface area (Å²) >= 11 is 0. The standard InChI is InChI=1S/C15H23NO3/c1-15(2,3)19-16-8-7-13-11(9-16)5-6-12(10-17)14(13)18-4/h5-6,17H,7-10H2,1-4H3. The molecule has 19 heavy (non-hydrogen) atoms. The largest absolute Gasteiger partial charge is 0.496 e. The van der Waals surface area contributed by atoms with Gasteiger partial charge in [-0.2, -0.15) is 5.06 Å². The number of hydrogen-bond acceptors (Lipinski definition) is 4. The van der Waals surface area contributed by atoms with Crippen LogP contribution in [0.5, 0.6) is 5.75 Å². The lowest BCUT2D eigenvalue weighted by atomic mass is 9.96. The minimum atomic E-state index is -0.174. The molecule has 0 saturated heterocycles.